The van der Waals surface area contributed by atoms with Gasteiger partial charge in [0.2, 0.25) is 5.91 Å². The number of aryl methyl sites for hydroxylation is 1. The molecule has 2 N–H and O–H groups in total. The van der Waals surface area contributed by atoms with Crippen molar-refractivity contribution in [1.82, 2.24) is 20.0 Å². The van der Waals surface area contributed by atoms with Gasteiger partial charge >= 0.3 is 0 Å². The highest BCUT2D eigenvalue weighted by molar-refractivity contribution is 5.91. The number of rotatable bonds is 6. The number of anilines is 1. The molecule has 2 aromatic heterocycles. The van der Waals surface area contributed by atoms with Gasteiger partial charge in [-0.2, -0.15) is 10.2 Å². The summed E-state index contributed by atoms with van der Waals surface area (Å²) in [6.07, 6.45) is 3.79. The van der Waals surface area contributed by atoms with Gasteiger partial charge in [-0.05, 0) is 36.8 Å². The van der Waals surface area contributed by atoms with Crippen LogP contribution in [0.1, 0.15) is 24.7 Å². The summed E-state index contributed by atoms with van der Waals surface area (Å²) in [4.78, 5) is 12.1. The van der Waals surface area contributed by atoms with Gasteiger partial charge in [0.05, 0.1) is 17.8 Å². The molecule has 2 heterocycles. The first-order valence-corrected chi connectivity index (χ1v) is 7.78. The van der Waals surface area contributed by atoms with Gasteiger partial charge in [0.15, 0.2) is 5.82 Å². The quantitative estimate of drug-likeness (QED) is 0.731. The monoisotopic (exact) mass is 327 g/mol. The highest BCUT2D eigenvalue weighted by Crippen LogP contribution is 2.11. The van der Waals surface area contributed by atoms with E-state index in [2.05, 4.69) is 27.5 Å². The molecular formula is C17H18FN5O. The predicted molar refractivity (Wildman–Crippen MR) is 88.4 cm³/mol. The lowest BCUT2D eigenvalue weighted by Gasteiger charge is -2.01. The Hall–Kier alpha value is -2.96. The molecule has 1 aromatic carbocycles. The molecule has 124 valence electrons. The molecule has 0 radical (unpaired) electrons. The maximum absolute atomic E-state index is 12.9. The maximum atomic E-state index is 12.9. The zero-order valence-electron chi connectivity index (χ0n) is 13.3. The van der Waals surface area contributed by atoms with Crippen LogP contribution in [0.3, 0.4) is 0 Å². The number of halogens is 1. The summed E-state index contributed by atoms with van der Waals surface area (Å²) in [5.74, 6) is 0.0299. The van der Waals surface area contributed by atoms with Crippen LogP contribution in [0.4, 0.5) is 10.2 Å². The van der Waals surface area contributed by atoms with Crippen molar-refractivity contribution >= 4 is 11.7 Å². The van der Waals surface area contributed by atoms with E-state index in [0.29, 0.717) is 11.5 Å². The fourth-order valence-electron chi connectivity index (χ4n) is 2.37. The van der Waals surface area contributed by atoms with Crippen LogP contribution in [-0.2, 0) is 17.6 Å². The molecule has 6 nitrogen and oxygen atoms in total. The number of carbonyl (C=O) groups is 1. The van der Waals surface area contributed by atoms with Crippen LogP contribution in [0.15, 0.2) is 42.6 Å². The number of aromatic amines is 1. The maximum Gasteiger partial charge on any atom is 0.231 e. The molecule has 0 saturated carbocycles. The third-order valence-electron chi connectivity index (χ3n) is 3.49. The van der Waals surface area contributed by atoms with Crippen molar-refractivity contribution < 1.29 is 9.18 Å². The van der Waals surface area contributed by atoms with Crippen molar-refractivity contribution in [3.63, 3.8) is 0 Å². The van der Waals surface area contributed by atoms with E-state index < -0.39 is 0 Å². The summed E-state index contributed by atoms with van der Waals surface area (Å²) in [5, 5.41) is 14.0. The number of amides is 1. The van der Waals surface area contributed by atoms with E-state index in [4.69, 9.17) is 0 Å². The van der Waals surface area contributed by atoms with Gasteiger partial charge in [-0.1, -0.05) is 13.3 Å². The third kappa shape index (κ3) is 3.87. The summed E-state index contributed by atoms with van der Waals surface area (Å²) >= 11 is 0. The average Bonchev–Trinajstić information content (AvgIpc) is 3.18. The zero-order chi connectivity index (χ0) is 16.9. The second kappa shape index (κ2) is 7.08. The number of benzene rings is 1. The fraction of sp³-hybridized carbons (Fsp3) is 0.235. The summed E-state index contributed by atoms with van der Waals surface area (Å²) in [6, 6.07) is 9.59. The minimum Gasteiger partial charge on any atom is -0.309 e. The van der Waals surface area contributed by atoms with Crippen LogP contribution in [0.25, 0.3) is 5.69 Å². The Morgan fingerprint density at radius 2 is 2.08 bits per heavy atom. The van der Waals surface area contributed by atoms with Crippen LogP contribution >= 0.6 is 0 Å². The van der Waals surface area contributed by atoms with Gasteiger partial charge < -0.3 is 5.32 Å². The lowest BCUT2D eigenvalue weighted by molar-refractivity contribution is -0.115. The molecule has 0 unspecified atom stereocenters. The molecular weight excluding hydrogens is 309 g/mol. The summed E-state index contributed by atoms with van der Waals surface area (Å²) in [6.45, 7) is 2.08. The van der Waals surface area contributed by atoms with Crippen LogP contribution in [0.5, 0.6) is 0 Å². The number of hydrogen-bond donors (Lipinski definition) is 2. The highest BCUT2D eigenvalue weighted by Gasteiger charge is 2.10. The van der Waals surface area contributed by atoms with Crippen molar-refractivity contribution in [1.29, 1.82) is 0 Å². The van der Waals surface area contributed by atoms with Crippen LogP contribution < -0.4 is 5.32 Å². The van der Waals surface area contributed by atoms with Crippen LogP contribution in [0, 0.1) is 5.82 Å². The largest absolute Gasteiger partial charge is 0.309 e. The van der Waals surface area contributed by atoms with Crippen LogP contribution in [0.2, 0.25) is 0 Å². The number of hydrogen-bond acceptors (Lipinski definition) is 3. The molecule has 0 aliphatic rings. The van der Waals surface area contributed by atoms with Crippen molar-refractivity contribution in [2.24, 2.45) is 0 Å². The van der Waals surface area contributed by atoms with Gasteiger partial charge in [0, 0.05) is 18.0 Å². The number of nitrogens with zero attached hydrogens (tertiary/aromatic N) is 3. The summed E-state index contributed by atoms with van der Waals surface area (Å²) < 4.78 is 14.6. The van der Waals surface area contributed by atoms with Gasteiger partial charge in [-0.15, -0.1) is 0 Å². The van der Waals surface area contributed by atoms with Crippen molar-refractivity contribution in [2.75, 3.05) is 5.32 Å². The number of H-pyrrole nitrogens is 1. The average molecular weight is 327 g/mol. The number of carbonyl (C=O) groups excluding carboxylic acids is 1. The third-order valence-corrected chi connectivity index (χ3v) is 3.49. The molecule has 0 saturated heterocycles. The number of aromatic nitrogens is 4. The molecule has 0 atom stereocenters. The zero-order valence-corrected chi connectivity index (χ0v) is 13.3. The molecule has 3 aromatic rings. The van der Waals surface area contributed by atoms with Gasteiger partial charge in [-0.25, -0.2) is 9.07 Å². The van der Waals surface area contributed by atoms with Crippen molar-refractivity contribution in [3.05, 3.63) is 59.8 Å². The van der Waals surface area contributed by atoms with E-state index in [0.717, 1.165) is 24.2 Å². The normalized spacial score (nSPS) is 10.8. The first kappa shape index (κ1) is 15.9. The Balaban J connectivity index is 1.61. The highest BCUT2D eigenvalue weighted by atomic mass is 19.1. The van der Waals surface area contributed by atoms with Gasteiger partial charge in [0.1, 0.15) is 5.82 Å². The Morgan fingerprint density at radius 3 is 2.83 bits per heavy atom. The van der Waals surface area contributed by atoms with E-state index in [9.17, 15) is 9.18 Å². The van der Waals surface area contributed by atoms with Gasteiger partial charge in [0.25, 0.3) is 0 Å². The van der Waals surface area contributed by atoms with Crippen molar-refractivity contribution in [2.45, 2.75) is 26.2 Å². The molecule has 0 aliphatic heterocycles. The predicted octanol–water partition coefficient (Wildman–Crippen LogP) is 2.87. The van der Waals surface area contributed by atoms with E-state index in [-0.39, 0.29) is 18.1 Å². The Bertz CT molecular complexity index is 822. The Labute approximate surface area is 138 Å². The number of nitrogens with one attached hydrogen (secondary N) is 2. The standard InChI is InChI=1S/C17H18FN5O/c1-2-3-13-10-16(21-20-13)19-17(24)11-14-8-9-23(22-14)15-6-4-12(18)5-7-15/h4-10H,2-3,11H2,1H3,(H2,19,20,21,24). The fourth-order valence-corrected chi connectivity index (χ4v) is 2.37. The Kier molecular flexibility index (Phi) is 4.69. The lowest BCUT2D eigenvalue weighted by atomic mass is 10.2. The van der Waals surface area contributed by atoms with E-state index >= 15 is 0 Å². The smallest absolute Gasteiger partial charge is 0.231 e. The van der Waals surface area contributed by atoms with Crippen LogP contribution in [-0.4, -0.2) is 25.9 Å². The molecule has 3 rings (SSSR count). The molecule has 0 aliphatic carbocycles. The second-order valence-electron chi connectivity index (χ2n) is 5.48. The molecule has 24 heavy (non-hydrogen) atoms. The van der Waals surface area contributed by atoms with E-state index in [1.807, 2.05) is 6.07 Å². The van der Waals surface area contributed by atoms with E-state index in [1.165, 1.54) is 12.1 Å². The Morgan fingerprint density at radius 1 is 1.29 bits per heavy atom. The first-order chi connectivity index (χ1) is 11.6. The van der Waals surface area contributed by atoms with Crippen molar-refractivity contribution in [3.8, 4) is 5.69 Å². The summed E-state index contributed by atoms with van der Waals surface area (Å²) in [5.41, 5.74) is 2.36. The molecule has 0 bridgehead atoms. The lowest BCUT2D eigenvalue weighted by Crippen LogP contribution is -2.15. The first-order valence-electron chi connectivity index (χ1n) is 7.78. The molecule has 0 spiro atoms. The topological polar surface area (TPSA) is 75.6 Å². The summed E-state index contributed by atoms with van der Waals surface area (Å²) in [7, 11) is 0. The second-order valence-corrected chi connectivity index (χ2v) is 5.48. The SMILES string of the molecule is CCCc1cc(NC(=O)Cc2ccn(-c3ccc(F)cc3)n2)n[nH]1. The molecule has 7 heteroatoms. The minimum absolute atomic E-state index is 0.143. The molecule has 1 amide bonds. The minimum atomic E-state index is -0.299. The van der Waals surface area contributed by atoms with E-state index in [1.54, 1.807) is 29.1 Å². The molecule has 0 fully saturated rings. The van der Waals surface area contributed by atoms with Gasteiger partial charge in [-0.3, -0.25) is 9.89 Å².